The van der Waals surface area contributed by atoms with E-state index in [2.05, 4.69) is 31.2 Å². The first-order valence-corrected chi connectivity index (χ1v) is 25.8. The zero-order valence-corrected chi connectivity index (χ0v) is 41.2. The van der Waals surface area contributed by atoms with Crippen molar-refractivity contribution in [3.63, 3.8) is 0 Å². The largest absolute Gasteiger partial charge is 0.508 e. The van der Waals surface area contributed by atoms with Gasteiger partial charge in [-0.1, -0.05) is 90.5 Å². The number of benzene rings is 10. The van der Waals surface area contributed by atoms with E-state index in [1.54, 1.807) is 72.8 Å². The van der Waals surface area contributed by atoms with Crippen LogP contribution in [0.5, 0.6) is 51.7 Å². The van der Waals surface area contributed by atoms with Gasteiger partial charge in [0.2, 0.25) is 19.7 Å². The predicted molar refractivity (Wildman–Crippen MR) is 286 cm³/mol. The molecule has 5 N–H and O–H groups in total. The van der Waals surface area contributed by atoms with Gasteiger partial charge in [0.15, 0.2) is 0 Å². The maximum absolute atomic E-state index is 13.3. The Bertz CT molecular complexity index is 3410. The molecular formula is C61H48O11S2. The summed E-state index contributed by atoms with van der Waals surface area (Å²) in [5, 5.41) is 45.9. The first-order chi connectivity index (χ1) is 35.6. The third-order valence-corrected chi connectivity index (χ3v) is 15.0. The van der Waals surface area contributed by atoms with E-state index < -0.39 is 19.7 Å². The Hall–Kier alpha value is -9.30. The lowest BCUT2D eigenvalue weighted by Gasteiger charge is -2.10. The smallest absolute Gasteiger partial charge is 0.206 e. The van der Waals surface area contributed by atoms with Crippen LogP contribution in [0.1, 0.15) is 5.56 Å². The molecule has 13 heteroatoms. The minimum atomic E-state index is -3.73. The highest BCUT2D eigenvalue weighted by Gasteiger charge is 2.19. The Labute approximate surface area is 429 Å². The van der Waals surface area contributed by atoms with Gasteiger partial charge in [0.1, 0.15) is 51.7 Å². The highest BCUT2D eigenvalue weighted by molar-refractivity contribution is 7.91. The van der Waals surface area contributed by atoms with Crippen LogP contribution in [0.4, 0.5) is 0 Å². The molecule has 11 nitrogen and oxygen atoms in total. The van der Waals surface area contributed by atoms with Crippen molar-refractivity contribution in [3.8, 4) is 85.1 Å². The molecule has 0 unspecified atom stereocenters. The van der Waals surface area contributed by atoms with Crippen molar-refractivity contribution in [1.82, 2.24) is 0 Å². The molecule has 0 amide bonds. The van der Waals surface area contributed by atoms with E-state index >= 15 is 0 Å². The second kappa shape index (κ2) is 22.8. The van der Waals surface area contributed by atoms with Crippen LogP contribution in [0.15, 0.2) is 262 Å². The molecule has 0 saturated carbocycles. The molecule has 0 aliphatic rings. The lowest BCUT2D eigenvalue weighted by Crippen LogP contribution is -2.01. The summed E-state index contributed by atoms with van der Waals surface area (Å²) in [7, 11) is -7.32. The number of hydrogen-bond donors (Lipinski definition) is 5. The fourth-order valence-corrected chi connectivity index (χ4v) is 9.83. The molecule has 0 bridgehead atoms. The summed E-state index contributed by atoms with van der Waals surface area (Å²) in [5.74, 6) is 3.10. The topological polar surface area (TPSA) is 188 Å². The summed E-state index contributed by atoms with van der Waals surface area (Å²) in [6.07, 6.45) is 0. The van der Waals surface area contributed by atoms with Crippen LogP contribution in [0.2, 0.25) is 0 Å². The van der Waals surface area contributed by atoms with Crippen molar-refractivity contribution in [3.05, 3.63) is 248 Å². The molecule has 0 aromatic heterocycles. The predicted octanol–water partition coefficient (Wildman–Crippen LogP) is 14.1. The average molecular weight is 1020 g/mol. The molecule has 0 fully saturated rings. The molecule has 0 spiro atoms. The standard InChI is InChI=1S/C37H28O5S.C12H10O4S.C12H10O2/c1-26-2-4-27(5-3-26)29-8-14-32(15-9-29)41-34-18-22-36(23-19-34)43(39,40)37-24-20-35(21-25-37)42-33-16-10-30(11-17-33)28-6-12-31(38)13-7-28;13-9-1-5-11(6-2-9)17(15,16)12-7-3-10(14)4-8-12;13-11-5-1-9(2-6-11)10-3-7-12(14)8-4-10/h2-25,38H,1H3;1-8,13-14H;1-8,13-14H. The van der Waals surface area contributed by atoms with Gasteiger partial charge in [-0.3, -0.25) is 0 Å². The summed E-state index contributed by atoms with van der Waals surface area (Å²) in [5.41, 5.74) is 7.43. The highest BCUT2D eigenvalue weighted by atomic mass is 32.2. The number of rotatable bonds is 11. The lowest BCUT2D eigenvalue weighted by atomic mass is 10.0. The SMILES string of the molecule is Cc1ccc(-c2ccc(Oc3ccc(S(=O)(=O)c4ccc(Oc5ccc(-c6ccc(O)cc6)cc5)cc4)cc3)cc2)cc1.O=S(=O)(c1ccc(O)cc1)c1ccc(O)cc1.Oc1ccc(-c2ccc(O)cc2)cc1. The molecular weight excluding hydrogens is 973 g/mol. The fourth-order valence-electron chi connectivity index (χ4n) is 7.31. The molecule has 0 saturated heterocycles. The van der Waals surface area contributed by atoms with Crippen molar-refractivity contribution >= 4 is 19.7 Å². The second-order valence-electron chi connectivity index (χ2n) is 16.7. The molecule has 10 aromatic rings. The molecule has 10 rings (SSSR count). The maximum Gasteiger partial charge on any atom is 0.206 e. The number of hydrogen-bond acceptors (Lipinski definition) is 11. The normalized spacial score (nSPS) is 11.0. The van der Waals surface area contributed by atoms with Gasteiger partial charge in [0.25, 0.3) is 0 Å². The van der Waals surface area contributed by atoms with Crippen molar-refractivity contribution in [1.29, 1.82) is 0 Å². The fraction of sp³-hybridized carbons (Fsp3) is 0.0164. The van der Waals surface area contributed by atoms with Crippen LogP contribution in [0, 0.1) is 6.92 Å². The Morgan fingerprint density at radius 3 is 0.635 bits per heavy atom. The molecule has 74 heavy (non-hydrogen) atoms. The zero-order chi connectivity index (χ0) is 52.2. The monoisotopic (exact) mass is 1020 g/mol. The number of phenolic OH excluding ortho intramolecular Hbond substituents is 5. The first kappa shape index (κ1) is 51.1. The Kier molecular flexibility index (Phi) is 15.8. The zero-order valence-electron chi connectivity index (χ0n) is 39.6. The molecule has 0 aliphatic carbocycles. The Balaban J connectivity index is 0.000000190. The van der Waals surface area contributed by atoms with E-state index in [0.29, 0.717) is 23.0 Å². The second-order valence-corrected chi connectivity index (χ2v) is 20.6. The van der Waals surface area contributed by atoms with E-state index in [-0.39, 0.29) is 48.3 Å². The Morgan fingerprint density at radius 1 is 0.243 bits per heavy atom. The van der Waals surface area contributed by atoms with E-state index in [0.717, 1.165) is 33.4 Å². The molecule has 0 radical (unpaired) electrons. The summed E-state index contributed by atoms with van der Waals surface area (Å²) in [6, 6.07) is 67.9. The number of aromatic hydroxyl groups is 5. The van der Waals surface area contributed by atoms with Gasteiger partial charge in [0, 0.05) is 0 Å². The number of phenols is 5. The van der Waals surface area contributed by atoms with Gasteiger partial charge in [-0.2, -0.15) is 0 Å². The van der Waals surface area contributed by atoms with Crippen LogP contribution >= 0.6 is 0 Å². The van der Waals surface area contributed by atoms with E-state index in [1.807, 2.05) is 84.9 Å². The van der Waals surface area contributed by atoms with Gasteiger partial charge in [-0.05, 0) is 198 Å². The third kappa shape index (κ3) is 13.2. The van der Waals surface area contributed by atoms with Crippen LogP contribution < -0.4 is 9.47 Å². The number of aryl methyl sites for hydroxylation is 1. The average Bonchev–Trinajstić information content (AvgIpc) is 3.41. The molecule has 0 heterocycles. The van der Waals surface area contributed by atoms with Crippen molar-refractivity contribution < 1.29 is 51.8 Å². The first-order valence-electron chi connectivity index (χ1n) is 22.9. The lowest BCUT2D eigenvalue weighted by molar-refractivity contribution is 0.474. The minimum absolute atomic E-state index is 0.00894. The highest BCUT2D eigenvalue weighted by Crippen LogP contribution is 2.32. The molecule has 0 atom stereocenters. The van der Waals surface area contributed by atoms with Gasteiger partial charge in [-0.25, -0.2) is 16.8 Å². The van der Waals surface area contributed by atoms with Crippen molar-refractivity contribution in [2.24, 2.45) is 0 Å². The van der Waals surface area contributed by atoms with Gasteiger partial charge < -0.3 is 35.0 Å². The van der Waals surface area contributed by atoms with Crippen LogP contribution in [0.25, 0.3) is 33.4 Å². The van der Waals surface area contributed by atoms with Crippen LogP contribution in [0.3, 0.4) is 0 Å². The minimum Gasteiger partial charge on any atom is -0.508 e. The van der Waals surface area contributed by atoms with Crippen LogP contribution in [-0.4, -0.2) is 42.4 Å². The van der Waals surface area contributed by atoms with E-state index in [4.69, 9.17) is 29.9 Å². The van der Waals surface area contributed by atoms with Crippen molar-refractivity contribution in [2.75, 3.05) is 0 Å². The summed E-state index contributed by atoms with van der Waals surface area (Å²) in [6.45, 7) is 2.06. The van der Waals surface area contributed by atoms with Gasteiger partial charge in [-0.15, -0.1) is 0 Å². The van der Waals surface area contributed by atoms with E-state index in [9.17, 15) is 21.9 Å². The Morgan fingerprint density at radius 2 is 0.405 bits per heavy atom. The number of ether oxygens (including phenoxy) is 2. The molecule has 370 valence electrons. The summed E-state index contributed by atoms with van der Waals surface area (Å²) in [4.78, 5) is 0.540. The van der Waals surface area contributed by atoms with E-state index in [1.165, 1.54) is 66.2 Å². The molecule has 0 aliphatic heterocycles. The maximum atomic E-state index is 13.3. The van der Waals surface area contributed by atoms with Gasteiger partial charge in [0.05, 0.1) is 19.6 Å². The van der Waals surface area contributed by atoms with Crippen LogP contribution in [-0.2, 0) is 19.7 Å². The summed E-state index contributed by atoms with van der Waals surface area (Å²) >= 11 is 0. The van der Waals surface area contributed by atoms with Gasteiger partial charge >= 0.3 is 0 Å². The van der Waals surface area contributed by atoms with Crippen molar-refractivity contribution in [2.45, 2.75) is 26.5 Å². The number of sulfone groups is 2. The molecule has 10 aromatic carbocycles. The third-order valence-electron chi connectivity index (χ3n) is 11.4. The summed E-state index contributed by atoms with van der Waals surface area (Å²) < 4.78 is 62.6. The quantitative estimate of drug-likeness (QED) is 0.0829.